The van der Waals surface area contributed by atoms with Gasteiger partial charge in [-0.15, -0.1) is 0 Å². The summed E-state index contributed by atoms with van der Waals surface area (Å²) in [4.78, 5) is 26.7. The summed E-state index contributed by atoms with van der Waals surface area (Å²) in [7, 11) is 3.22. The lowest BCUT2D eigenvalue weighted by atomic mass is 9.75. The molecule has 2 amide bonds. The zero-order valence-corrected chi connectivity index (χ0v) is 13.2. The van der Waals surface area contributed by atoms with E-state index in [2.05, 4.69) is 0 Å². The number of fused-ring (bicyclic) bond motifs is 3. The van der Waals surface area contributed by atoms with E-state index in [1.807, 2.05) is 19.1 Å². The summed E-state index contributed by atoms with van der Waals surface area (Å²) < 4.78 is 10.9. The number of methoxy groups -OCH3 is 2. The van der Waals surface area contributed by atoms with E-state index < -0.39 is 5.92 Å². The highest BCUT2D eigenvalue weighted by molar-refractivity contribution is 6.08. The van der Waals surface area contributed by atoms with Crippen molar-refractivity contribution in [3.05, 3.63) is 23.3 Å². The predicted octanol–water partition coefficient (Wildman–Crippen LogP) is 2.13. The maximum Gasteiger partial charge on any atom is 0.237 e. The average molecular weight is 303 g/mol. The molecule has 0 bridgehead atoms. The molecule has 0 aromatic heterocycles. The van der Waals surface area contributed by atoms with Crippen LogP contribution in [0.3, 0.4) is 0 Å². The number of amides is 2. The van der Waals surface area contributed by atoms with Crippen molar-refractivity contribution in [2.75, 3.05) is 20.8 Å². The Hall–Kier alpha value is -2.04. The van der Waals surface area contributed by atoms with Gasteiger partial charge in [0.05, 0.1) is 26.1 Å². The van der Waals surface area contributed by atoms with Gasteiger partial charge in [0.25, 0.3) is 0 Å². The van der Waals surface area contributed by atoms with Crippen molar-refractivity contribution in [3.63, 3.8) is 0 Å². The molecule has 1 aromatic carbocycles. The highest BCUT2D eigenvalue weighted by atomic mass is 16.5. The maximum absolute atomic E-state index is 12.8. The molecule has 0 N–H and O–H groups in total. The van der Waals surface area contributed by atoms with Crippen LogP contribution in [0.4, 0.5) is 0 Å². The summed E-state index contributed by atoms with van der Waals surface area (Å²) in [6, 6.07) is 3.68. The summed E-state index contributed by atoms with van der Waals surface area (Å²) in [5.74, 6) is 0.630. The van der Waals surface area contributed by atoms with Crippen molar-refractivity contribution in [1.29, 1.82) is 0 Å². The van der Waals surface area contributed by atoms with E-state index in [0.717, 1.165) is 29.7 Å². The van der Waals surface area contributed by atoms with Gasteiger partial charge in [-0.25, -0.2) is 0 Å². The standard InChI is InChI=1S/C17H21NO4/c1-4-9-18-16(19)11-6-5-10-12(21-2)7-8-13(22-3)14(10)15(11)17(18)20/h7-8,11,15H,4-6,9H2,1-3H3. The molecule has 2 atom stereocenters. The molecule has 1 saturated heterocycles. The first-order valence-corrected chi connectivity index (χ1v) is 7.73. The number of ether oxygens (including phenoxy) is 2. The van der Waals surface area contributed by atoms with Crippen molar-refractivity contribution >= 4 is 11.8 Å². The molecule has 1 heterocycles. The Labute approximate surface area is 130 Å². The number of carbonyl (C=O) groups is 2. The van der Waals surface area contributed by atoms with Crippen LogP contribution in [-0.2, 0) is 16.0 Å². The molecule has 0 spiro atoms. The molecule has 5 heteroatoms. The fraction of sp³-hybridized carbons (Fsp3) is 0.529. The first-order valence-electron chi connectivity index (χ1n) is 7.73. The smallest absolute Gasteiger partial charge is 0.237 e. The van der Waals surface area contributed by atoms with Gasteiger partial charge >= 0.3 is 0 Å². The minimum Gasteiger partial charge on any atom is -0.496 e. The number of nitrogens with zero attached hydrogens (tertiary/aromatic N) is 1. The SMILES string of the molecule is CCCN1C(=O)C2CCc3c(OC)ccc(OC)c3C2C1=O. The van der Waals surface area contributed by atoms with Crippen molar-refractivity contribution in [2.24, 2.45) is 5.92 Å². The fourth-order valence-corrected chi connectivity index (χ4v) is 3.74. The van der Waals surface area contributed by atoms with Gasteiger partial charge in [-0.3, -0.25) is 14.5 Å². The first kappa shape index (κ1) is 14.9. The molecule has 118 valence electrons. The van der Waals surface area contributed by atoms with Gasteiger partial charge in [0.15, 0.2) is 0 Å². The molecule has 0 saturated carbocycles. The van der Waals surface area contributed by atoms with Crippen LogP contribution in [0.1, 0.15) is 36.8 Å². The highest BCUT2D eigenvalue weighted by Gasteiger charge is 2.51. The molecular weight excluding hydrogens is 282 g/mol. The van der Waals surface area contributed by atoms with Crippen LogP contribution in [0.2, 0.25) is 0 Å². The zero-order valence-electron chi connectivity index (χ0n) is 13.2. The molecule has 2 aliphatic rings. The third kappa shape index (κ3) is 1.99. The largest absolute Gasteiger partial charge is 0.496 e. The summed E-state index contributed by atoms with van der Waals surface area (Å²) in [6.45, 7) is 2.46. The number of likely N-dealkylation sites (tertiary alicyclic amines) is 1. The summed E-state index contributed by atoms with van der Waals surface area (Å²) in [6.07, 6.45) is 2.20. The van der Waals surface area contributed by atoms with Gasteiger partial charge in [0.2, 0.25) is 11.8 Å². The normalized spacial score (nSPS) is 23.3. The number of imide groups is 1. The Morgan fingerprint density at radius 1 is 1.14 bits per heavy atom. The minimum absolute atomic E-state index is 0.0348. The third-order valence-electron chi connectivity index (χ3n) is 4.70. The Balaban J connectivity index is 2.13. The Kier molecular flexibility index (Phi) is 3.81. The van der Waals surface area contributed by atoms with E-state index in [-0.39, 0.29) is 17.7 Å². The van der Waals surface area contributed by atoms with Crippen LogP contribution < -0.4 is 9.47 Å². The van der Waals surface area contributed by atoms with E-state index in [1.165, 1.54) is 4.90 Å². The van der Waals surface area contributed by atoms with Crippen molar-refractivity contribution in [2.45, 2.75) is 32.1 Å². The molecule has 0 radical (unpaired) electrons. The van der Waals surface area contributed by atoms with Crippen LogP contribution in [-0.4, -0.2) is 37.5 Å². The second-order valence-electron chi connectivity index (χ2n) is 5.81. The molecule has 1 aliphatic carbocycles. The quantitative estimate of drug-likeness (QED) is 0.800. The van der Waals surface area contributed by atoms with Gasteiger partial charge in [0, 0.05) is 17.7 Å². The predicted molar refractivity (Wildman–Crippen MR) is 81.1 cm³/mol. The molecular formula is C17H21NO4. The lowest BCUT2D eigenvalue weighted by Gasteiger charge is -2.27. The first-order chi connectivity index (χ1) is 10.6. The van der Waals surface area contributed by atoms with E-state index in [1.54, 1.807) is 14.2 Å². The topological polar surface area (TPSA) is 55.8 Å². The summed E-state index contributed by atoms with van der Waals surface area (Å²) in [5.41, 5.74) is 1.85. The molecule has 1 fully saturated rings. The van der Waals surface area contributed by atoms with E-state index >= 15 is 0 Å². The number of benzene rings is 1. The van der Waals surface area contributed by atoms with Crippen LogP contribution in [0.25, 0.3) is 0 Å². The van der Waals surface area contributed by atoms with Crippen molar-refractivity contribution in [1.82, 2.24) is 4.90 Å². The number of rotatable bonds is 4. The average Bonchev–Trinajstić information content (AvgIpc) is 2.79. The Morgan fingerprint density at radius 2 is 1.82 bits per heavy atom. The lowest BCUT2D eigenvalue weighted by molar-refractivity contribution is -0.139. The lowest BCUT2D eigenvalue weighted by Crippen LogP contribution is -2.31. The Bertz CT molecular complexity index is 625. The van der Waals surface area contributed by atoms with Gasteiger partial charge in [-0.1, -0.05) is 6.92 Å². The van der Waals surface area contributed by atoms with Gasteiger partial charge in [-0.05, 0) is 31.4 Å². The molecule has 1 aromatic rings. The van der Waals surface area contributed by atoms with Gasteiger partial charge in [-0.2, -0.15) is 0 Å². The highest BCUT2D eigenvalue weighted by Crippen LogP contribution is 2.49. The summed E-state index contributed by atoms with van der Waals surface area (Å²) >= 11 is 0. The second kappa shape index (κ2) is 5.63. The van der Waals surface area contributed by atoms with Crippen LogP contribution >= 0.6 is 0 Å². The van der Waals surface area contributed by atoms with Crippen LogP contribution in [0, 0.1) is 5.92 Å². The maximum atomic E-state index is 12.8. The molecule has 2 unspecified atom stereocenters. The van der Waals surface area contributed by atoms with E-state index in [9.17, 15) is 9.59 Å². The fourth-order valence-electron chi connectivity index (χ4n) is 3.74. The van der Waals surface area contributed by atoms with Crippen molar-refractivity contribution in [3.8, 4) is 11.5 Å². The minimum atomic E-state index is -0.423. The molecule has 22 heavy (non-hydrogen) atoms. The molecule has 3 rings (SSSR count). The molecule has 1 aliphatic heterocycles. The number of hydrogen-bond donors (Lipinski definition) is 0. The number of carbonyl (C=O) groups excluding carboxylic acids is 2. The van der Waals surface area contributed by atoms with E-state index in [4.69, 9.17) is 9.47 Å². The van der Waals surface area contributed by atoms with E-state index in [0.29, 0.717) is 18.7 Å². The van der Waals surface area contributed by atoms with Gasteiger partial charge in [0.1, 0.15) is 11.5 Å². The van der Waals surface area contributed by atoms with Crippen LogP contribution in [0.5, 0.6) is 11.5 Å². The monoisotopic (exact) mass is 303 g/mol. The molecule has 5 nitrogen and oxygen atoms in total. The second-order valence-corrected chi connectivity index (χ2v) is 5.81. The van der Waals surface area contributed by atoms with Crippen LogP contribution in [0.15, 0.2) is 12.1 Å². The van der Waals surface area contributed by atoms with Gasteiger partial charge < -0.3 is 9.47 Å². The summed E-state index contributed by atoms with van der Waals surface area (Å²) in [5, 5.41) is 0. The Morgan fingerprint density at radius 3 is 2.45 bits per heavy atom. The zero-order chi connectivity index (χ0) is 15.9. The number of hydrogen-bond acceptors (Lipinski definition) is 4. The van der Waals surface area contributed by atoms with Crippen molar-refractivity contribution < 1.29 is 19.1 Å². The third-order valence-corrected chi connectivity index (χ3v) is 4.70.